The van der Waals surface area contributed by atoms with Gasteiger partial charge >= 0.3 is 6.18 Å². The summed E-state index contributed by atoms with van der Waals surface area (Å²) in [5, 5.41) is 9.69. The van der Waals surface area contributed by atoms with Gasteiger partial charge in [0.05, 0.1) is 0 Å². The van der Waals surface area contributed by atoms with Gasteiger partial charge in [0.25, 0.3) is 5.91 Å². The molecule has 1 N–H and O–H groups in total. The normalized spacial score (nSPS) is 18.9. The third kappa shape index (κ3) is 3.74. The molecule has 2 rings (SSSR count). The van der Waals surface area contributed by atoms with Crippen LogP contribution >= 0.6 is 0 Å². The standard InChI is InChI=1S/C18H24F3NO2/c1-3-22(15-7-5-4-6-8-15)16(23)13-9-11-14(12-10-13)17(2,24)18(19,20)21/h9-12,15,24H,3-8H2,1-2H3/t17-/m0/s1. The average Bonchev–Trinajstić information content (AvgIpc) is 2.55. The van der Waals surface area contributed by atoms with Crippen LogP contribution in [0.3, 0.4) is 0 Å². The third-order valence-corrected chi connectivity index (χ3v) is 4.86. The molecule has 6 heteroatoms. The van der Waals surface area contributed by atoms with Crippen LogP contribution in [0.4, 0.5) is 13.2 Å². The van der Waals surface area contributed by atoms with Crippen LogP contribution in [-0.2, 0) is 5.60 Å². The summed E-state index contributed by atoms with van der Waals surface area (Å²) in [6, 6.07) is 5.28. The molecular weight excluding hydrogens is 319 g/mol. The lowest BCUT2D eigenvalue weighted by molar-refractivity contribution is -0.258. The van der Waals surface area contributed by atoms with Gasteiger partial charge in [0.2, 0.25) is 0 Å². The van der Waals surface area contributed by atoms with Crippen LogP contribution in [-0.4, -0.2) is 34.7 Å². The number of hydrogen-bond donors (Lipinski definition) is 1. The van der Waals surface area contributed by atoms with Crippen LogP contribution in [0.15, 0.2) is 24.3 Å². The van der Waals surface area contributed by atoms with E-state index < -0.39 is 11.8 Å². The van der Waals surface area contributed by atoms with E-state index >= 15 is 0 Å². The summed E-state index contributed by atoms with van der Waals surface area (Å²) in [4.78, 5) is 14.5. The van der Waals surface area contributed by atoms with Crippen molar-refractivity contribution >= 4 is 5.91 Å². The molecule has 134 valence electrons. The van der Waals surface area contributed by atoms with Crippen molar-refractivity contribution in [3.05, 3.63) is 35.4 Å². The second-order valence-electron chi connectivity index (χ2n) is 6.53. The minimum atomic E-state index is -4.77. The quantitative estimate of drug-likeness (QED) is 0.888. The van der Waals surface area contributed by atoms with Crippen LogP contribution < -0.4 is 0 Å². The number of amides is 1. The first-order chi connectivity index (χ1) is 11.2. The maximum atomic E-state index is 12.9. The highest BCUT2D eigenvalue weighted by atomic mass is 19.4. The lowest BCUT2D eigenvalue weighted by atomic mass is 9.92. The van der Waals surface area contributed by atoms with Gasteiger partial charge in [-0.3, -0.25) is 4.79 Å². The number of halogens is 3. The number of carbonyl (C=O) groups is 1. The molecular formula is C18H24F3NO2. The maximum absolute atomic E-state index is 12.9. The van der Waals surface area contributed by atoms with Gasteiger partial charge in [0.1, 0.15) is 0 Å². The summed E-state index contributed by atoms with van der Waals surface area (Å²) in [7, 11) is 0. The van der Waals surface area contributed by atoms with Gasteiger partial charge in [-0.2, -0.15) is 13.2 Å². The minimum Gasteiger partial charge on any atom is -0.376 e. The number of benzene rings is 1. The highest BCUT2D eigenvalue weighted by Crippen LogP contribution is 2.38. The number of nitrogens with zero attached hydrogens (tertiary/aromatic N) is 1. The Balaban J connectivity index is 2.18. The van der Waals surface area contributed by atoms with Gasteiger partial charge in [-0.15, -0.1) is 0 Å². The average molecular weight is 343 g/mol. The number of aliphatic hydroxyl groups is 1. The minimum absolute atomic E-state index is 0.164. The van der Waals surface area contributed by atoms with Gasteiger partial charge < -0.3 is 10.0 Å². The molecule has 0 heterocycles. The molecule has 1 saturated carbocycles. The van der Waals surface area contributed by atoms with Crippen LogP contribution in [0, 0.1) is 0 Å². The first-order valence-corrected chi connectivity index (χ1v) is 8.39. The fourth-order valence-electron chi connectivity index (χ4n) is 3.23. The van der Waals surface area contributed by atoms with E-state index in [4.69, 9.17) is 0 Å². The molecule has 1 atom stereocenters. The number of rotatable bonds is 4. The summed E-state index contributed by atoms with van der Waals surface area (Å²) in [6.07, 6.45) is 0.560. The molecule has 0 saturated heterocycles. The molecule has 1 fully saturated rings. The van der Waals surface area contributed by atoms with Crippen molar-refractivity contribution in [3.63, 3.8) is 0 Å². The van der Waals surface area contributed by atoms with E-state index in [2.05, 4.69) is 0 Å². The predicted octanol–water partition coefficient (Wildman–Crippen LogP) is 4.25. The van der Waals surface area contributed by atoms with Gasteiger partial charge in [0, 0.05) is 18.2 Å². The van der Waals surface area contributed by atoms with Crippen molar-refractivity contribution < 1.29 is 23.1 Å². The smallest absolute Gasteiger partial charge is 0.376 e. The Morgan fingerprint density at radius 1 is 1.17 bits per heavy atom. The lowest BCUT2D eigenvalue weighted by Gasteiger charge is -2.34. The Bertz CT molecular complexity index is 561. The highest BCUT2D eigenvalue weighted by molar-refractivity contribution is 5.94. The van der Waals surface area contributed by atoms with Gasteiger partial charge in [-0.05, 0) is 44.4 Å². The Kier molecular flexibility index (Phi) is 5.58. The Morgan fingerprint density at radius 2 is 1.71 bits per heavy atom. The zero-order valence-corrected chi connectivity index (χ0v) is 14.1. The number of hydrogen-bond acceptors (Lipinski definition) is 2. The molecule has 0 aromatic heterocycles. The van der Waals surface area contributed by atoms with E-state index in [-0.39, 0.29) is 17.5 Å². The molecule has 1 aliphatic carbocycles. The topological polar surface area (TPSA) is 40.5 Å². The van der Waals surface area contributed by atoms with Gasteiger partial charge in [-0.1, -0.05) is 31.4 Å². The summed E-state index contributed by atoms with van der Waals surface area (Å²) < 4.78 is 38.6. The van der Waals surface area contributed by atoms with Gasteiger partial charge in [0.15, 0.2) is 5.60 Å². The number of alkyl halides is 3. The Labute approximate surface area is 140 Å². The van der Waals surface area contributed by atoms with Crippen molar-refractivity contribution in [1.29, 1.82) is 0 Å². The van der Waals surface area contributed by atoms with Crippen LogP contribution in [0.5, 0.6) is 0 Å². The second kappa shape index (κ2) is 7.13. The summed E-state index contributed by atoms with van der Waals surface area (Å²) in [5.41, 5.74) is -2.85. The third-order valence-electron chi connectivity index (χ3n) is 4.86. The first-order valence-electron chi connectivity index (χ1n) is 8.39. The molecule has 3 nitrogen and oxygen atoms in total. The fraction of sp³-hybridized carbons (Fsp3) is 0.611. The second-order valence-corrected chi connectivity index (χ2v) is 6.53. The molecule has 0 spiro atoms. The zero-order chi connectivity index (χ0) is 18.0. The largest absolute Gasteiger partial charge is 0.421 e. The van der Waals surface area contributed by atoms with E-state index in [1.165, 1.54) is 30.7 Å². The molecule has 1 amide bonds. The first kappa shape index (κ1) is 18.8. The van der Waals surface area contributed by atoms with E-state index in [1.54, 1.807) is 4.90 Å². The van der Waals surface area contributed by atoms with Crippen LogP contribution in [0.2, 0.25) is 0 Å². The zero-order valence-electron chi connectivity index (χ0n) is 14.1. The van der Waals surface area contributed by atoms with E-state index in [9.17, 15) is 23.1 Å². The molecule has 0 bridgehead atoms. The van der Waals surface area contributed by atoms with Gasteiger partial charge in [-0.25, -0.2) is 0 Å². The van der Waals surface area contributed by atoms with Crippen molar-refractivity contribution in [2.75, 3.05) is 6.54 Å². The van der Waals surface area contributed by atoms with Crippen molar-refractivity contribution in [2.24, 2.45) is 0 Å². The van der Waals surface area contributed by atoms with Crippen molar-refractivity contribution in [3.8, 4) is 0 Å². The van der Waals surface area contributed by atoms with Crippen molar-refractivity contribution in [1.82, 2.24) is 4.90 Å². The van der Waals surface area contributed by atoms with Crippen LogP contribution in [0.1, 0.15) is 61.9 Å². The fourth-order valence-corrected chi connectivity index (χ4v) is 3.23. The molecule has 1 aliphatic rings. The summed E-state index contributed by atoms with van der Waals surface area (Å²) in [5.74, 6) is -0.164. The molecule has 24 heavy (non-hydrogen) atoms. The molecule has 0 radical (unpaired) electrons. The highest BCUT2D eigenvalue weighted by Gasteiger charge is 2.51. The SMILES string of the molecule is CCN(C(=O)c1ccc([C@](C)(O)C(F)(F)F)cc1)C1CCCCC1. The molecule has 0 unspecified atom stereocenters. The maximum Gasteiger partial charge on any atom is 0.421 e. The van der Waals surface area contributed by atoms with Crippen molar-refractivity contribution in [2.45, 2.75) is 63.8 Å². The van der Waals surface area contributed by atoms with E-state index in [0.29, 0.717) is 19.0 Å². The molecule has 1 aromatic rings. The molecule has 1 aromatic carbocycles. The van der Waals surface area contributed by atoms with E-state index in [0.717, 1.165) is 25.7 Å². The summed E-state index contributed by atoms with van der Waals surface area (Å²) in [6.45, 7) is 3.20. The molecule has 0 aliphatic heterocycles. The summed E-state index contributed by atoms with van der Waals surface area (Å²) >= 11 is 0. The van der Waals surface area contributed by atoms with E-state index in [1.807, 2.05) is 6.92 Å². The monoisotopic (exact) mass is 343 g/mol. The predicted molar refractivity (Wildman–Crippen MR) is 85.7 cm³/mol. The number of carbonyl (C=O) groups excluding carboxylic acids is 1. The lowest BCUT2D eigenvalue weighted by Crippen LogP contribution is -2.41. The Morgan fingerprint density at radius 3 is 2.17 bits per heavy atom. The van der Waals surface area contributed by atoms with Crippen LogP contribution in [0.25, 0.3) is 0 Å². The Hall–Kier alpha value is -1.56.